The lowest BCUT2D eigenvalue weighted by molar-refractivity contribution is -0.115. The highest BCUT2D eigenvalue weighted by Crippen LogP contribution is 2.28. The number of hydrogen-bond acceptors (Lipinski definition) is 6. The van der Waals surface area contributed by atoms with Crippen molar-refractivity contribution in [3.63, 3.8) is 0 Å². The summed E-state index contributed by atoms with van der Waals surface area (Å²) in [7, 11) is 0. The molecule has 0 aliphatic rings. The minimum Gasteiger partial charge on any atom is -0.324 e. The molecule has 1 atom stereocenters. The molecule has 3 aromatic rings. The number of anilines is 1. The summed E-state index contributed by atoms with van der Waals surface area (Å²) < 4.78 is 0. The number of nitrogens with zero attached hydrogens (tertiary/aromatic N) is 1. The number of aromatic nitrogens is 2. The molecule has 2 N–H and O–H groups in total. The summed E-state index contributed by atoms with van der Waals surface area (Å²) in [6.45, 7) is 5.80. The average molecular weight is 420 g/mol. The molecule has 0 radical (unpaired) electrons. The van der Waals surface area contributed by atoms with E-state index in [1.54, 1.807) is 11.8 Å². The van der Waals surface area contributed by atoms with Crippen molar-refractivity contribution in [1.29, 1.82) is 0 Å². The van der Waals surface area contributed by atoms with E-state index in [1.807, 2.05) is 51.3 Å². The molecule has 0 aliphatic heterocycles. The molecule has 0 saturated heterocycles. The van der Waals surface area contributed by atoms with Crippen molar-refractivity contribution in [2.24, 2.45) is 0 Å². The molecule has 5 nitrogen and oxygen atoms in total. The van der Waals surface area contributed by atoms with Gasteiger partial charge in [0.2, 0.25) is 5.91 Å². The Morgan fingerprint density at radius 3 is 2.81 bits per heavy atom. The fourth-order valence-electron chi connectivity index (χ4n) is 2.63. The maximum absolute atomic E-state index is 12.5. The quantitative estimate of drug-likeness (QED) is 0.572. The number of carbonyl (C=O) groups excluding carboxylic acids is 1. The fourth-order valence-corrected chi connectivity index (χ4v) is 4.99. The Labute approximate surface area is 170 Å². The van der Waals surface area contributed by atoms with Crippen LogP contribution in [0.15, 0.2) is 34.0 Å². The topological polar surface area (TPSA) is 74.8 Å². The van der Waals surface area contributed by atoms with Crippen molar-refractivity contribution in [1.82, 2.24) is 9.97 Å². The minimum atomic E-state index is -0.271. The first-order valence-corrected chi connectivity index (χ1v) is 11.5. The van der Waals surface area contributed by atoms with Gasteiger partial charge >= 0.3 is 0 Å². The van der Waals surface area contributed by atoms with E-state index in [0.29, 0.717) is 17.0 Å². The highest BCUT2D eigenvalue weighted by Gasteiger charge is 2.17. The number of thiophene rings is 1. The first kappa shape index (κ1) is 20.0. The molecular weight excluding hydrogens is 398 g/mol. The van der Waals surface area contributed by atoms with Crippen LogP contribution in [0.3, 0.4) is 0 Å². The van der Waals surface area contributed by atoms with Crippen molar-refractivity contribution in [3.8, 4) is 0 Å². The number of benzene rings is 1. The number of carbonyl (C=O) groups is 1. The molecule has 3 rings (SSSR count). The van der Waals surface area contributed by atoms with Crippen LogP contribution in [-0.4, -0.2) is 27.4 Å². The average Bonchev–Trinajstić information content (AvgIpc) is 2.94. The zero-order chi connectivity index (χ0) is 19.6. The Balaban J connectivity index is 1.68. The van der Waals surface area contributed by atoms with Gasteiger partial charge in [-0.15, -0.1) is 34.9 Å². The van der Waals surface area contributed by atoms with E-state index in [-0.39, 0.29) is 16.7 Å². The summed E-state index contributed by atoms with van der Waals surface area (Å²) in [4.78, 5) is 35.2. The van der Waals surface area contributed by atoms with Gasteiger partial charge in [-0.3, -0.25) is 9.59 Å². The maximum atomic E-state index is 12.5. The molecule has 0 fully saturated rings. The van der Waals surface area contributed by atoms with Crippen LogP contribution in [0.4, 0.5) is 5.69 Å². The lowest BCUT2D eigenvalue weighted by atomic mass is 10.2. The zero-order valence-electron chi connectivity index (χ0n) is 15.6. The van der Waals surface area contributed by atoms with Crippen LogP contribution in [0, 0.1) is 13.8 Å². The van der Waals surface area contributed by atoms with Crippen LogP contribution in [-0.2, 0) is 10.5 Å². The van der Waals surface area contributed by atoms with Gasteiger partial charge in [-0.1, -0.05) is 12.1 Å². The normalized spacial score (nSPS) is 12.3. The number of para-hydroxylation sites is 1. The van der Waals surface area contributed by atoms with Crippen LogP contribution >= 0.6 is 34.9 Å². The lowest BCUT2D eigenvalue weighted by Gasteiger charge is -2.13. The molecule has 1 unspecified atom stereocenters. The van der Waals surface area contributed by atoms with Gasteiger partial charge in [0.1, 0.15) is 10.7 Å². The van der Waals surface area contributed by atoms with Crippen molar-refractivity contribution in [2.75, 3.05) is 11.6 Å². The highest BCUT2D eigenvalue weighted by atomic mass is 32.2. The van der Waals surface area contributed by atoms with E-state index in [9.17, 15) is 9.59 Å². The van der Waals surface area contributed by atoms with E-state index < -0.39 is 0 Å². The Kier molecular flexibility index (Phi) is 6.29. The first-order chi connectivity index (χ1) is 12.9. The predicted octanol–water partition coefficient (Wildman–Crippen LogP) is 4.58. The molecule has 1 aromatic carbocycles. The van der Waals surface area contributed by atoms with E-state index >= 15 is 0 Å². The second-order valence-electron chi connectivity index (χ2n) is 6.12. The first-order valence-electron chi connectivity index (χ1n) is 8.45. The molecular formula is C19H21N3O2S3. The number of H-pyrrole nitrogens is 1. The van der Waals surface area contributed by atoms with Crippen LogP contribution in [0.5, 0.6) is 0 Å². The molecule has 142 valence electrons. The van der Waals surface area contributed by atoms with Crippen LogP contribution in [0.25, 0.3) is 10.2 Å². The molecule has 27 heavy (non-hydrogen) atoms. The molecule has 0 saturated carbocycles. The highest BCUT2D eigenvalue weighted by molar-refractivity contribution is 7.99. The number of nitrogens with one attached hydrogen (secondary N) is 2. The third-order valence-electron chi connectivity index (χ3n) is 4.29. The van der Waals surface area contributed by atoms with Crippen LogP contribution in [0.2, 0.25) is 0 Å². The molecule has 2 heterocycles. The summed E-state index contributed by atoms with van der Waals surface area (Å²) in [6.07, 6.45) is 1.98. The smallest absolute Gasteiger partial charge is 0.259 e. The van der Waals surface area contributed by atoms with Crippen molar-refractivity contribution in [3.05, 3.63) is 50.9 Å². The number of amides is 1. The monoisotopic (exact) mass is 419 g/mol. The van der Waals surface area contributed by atoms with Gasteiger partial charge < -0.3 is 10.3 Å². The Hall–Kier alpha value is -1.77. The van der Waals surface area contributed by atoms with Crippen LogP contribution < -0.4 is 10.9 Å². The van der Waals surface area contributed by atoms with Gasteiger partial charge in [-0.05, 0) is 44.7 Å². The molecule has 0 bridgehead atoms. The Bertz CT molecular complexity index is 1040. The molecule has 2 aromatic heterocycles. The van der Waals surface area contributed by atoms with Crippen molar-refractivity contribution < 1.29 is 4.79 Å². The van der Waals surface area contributed by atoms with Crippen molar-refractivity contribution in [2.45, 2.75) is 36.7 Å². The van der Waals surface area contributed by atoms with E-state index in [1.165, 1.54) is 23.1 Å². The standard InChI is InChI=1S/C19H21N3O2S3/c1-10-11(2)27-19-16(10)18(24)21-15(22-19)9-26-12(3)17(23)20-13-7-5-6-8-14(13)25-4/h5-8,12H,9H2,1-4H3,(H,20,23)(H,21,22,24). The van der Waals surface area contributed by atoms with E-state index in [2.05, 4.69) is 15.3 Å². The minimum absolute atomic E-state index is 0.0623. The second kappa shape index (κ2) is 8.50. The van der Waals surface area contributed by atoms with Gasteiger partial charge in [-0.2, -0.15) is 0 Å². The van der Waals surface area contributed by atoms with Gasteiger partial charge in [0.15, 0.2) is 0 Å². The summed E-state index contributed by atoms with van der Waals surface area (Å²) >= 11 is 4.58. The summed E-state index contributed by atoms with van der Waals surface area (Å²) in [5.41, 5.74) is 1.70. The SMILES string of the molecule is CSc1ccccc1NC(=O)C(C)SCc1nc2sc(C)c(C)c2c(=O)[nH]1. The number of thioether (sulfide) groups is 2. The molecule has 0 aliphatic carbocycles. The number of fused-ring (bicyclic) bond motifs is 1. The third kappa shape index (κ3) is 4.39. The molecule has 8 heteroatoms. The lowest BCUT2D eigenvalue weighted by Crippen LogP contribution is -2.23. The predicted molar refractivity (Wildman–Crippen MR) is 117 cm³/mol. The van der Waals surface area contributed by atoms with Crippen molar-refractivity contribution >= 4 is 56.7 Å². The van der Waals surface area contributed by atoms with Gasteiger partial charge in [0, 0.05) is 9.77 Å². The number of aromatic amines is 1. The summed E-state index contributed by atoms with van der Waals surface area (Å²) in [6, 6.07) is 7.73. The number of aryl methyl sites for hydroxylation is 2. The zero-order valence-corrected chi connectivity index (χ0v) is 18.0. The van der Waals surface area contributed by atoms with Gasteiger partial charge in [-0.25, -0.2) is 4.98 Å². The van der Waals surface area contributed by atoms with Crippen LogP contribution in [0.1, 0.15) is 23.2 Å². The van der Waals surface area contributed by atoms with Gasteiger partial charge in [0.25, 0.3) is 5.56 Å². The second-order valence-corrected chi connectivity index (χ2v) is 9.50. The molecule has 1 amide bonds. The largest absolute Gasteiger partial charge is 0.324 e. The summed E-state index contributed by atoms with van der Waals surface area (Å²) in [5.74, 6) is 1.01. The van der Waals surface area contributed by atoms with E-state index in [0.717, 1.165) is 25.9 Å². The number of rotatable bonds is 6. The Morgan fingerprint density at radius 1 is 1.33 bits per heavy atom. The third-order valence-corrected chi connectivity index (χ3v) is 7.34. The van der Waals surface area contributed by atoms with Gasteiger partial charge in [0.05, 0.1) is 22.1 Å². The van der Waals surface area contributed by atoms with E-state index in [4.69, 9.17) is 0 Å². The maximum Gasteiger partial charge on any atom is 0.259 e. The fraction of sp³-hybridized carbons (Fsp3) is 0.316. The summed E-state index contributed by atoms with van der Waals surface area (Å²) in [5, 5.41) is 3.38. The molecule has 0 spiro atoms. The Morgan fingerprint density at radius 2 is 2.07 bits per heavy atom. The number of hydrogen-bond donors (Lipinski definition) is 2.